The first-order valence-corrected chi connectivity index (χ1v) is 7.28. The Bertz CT molecular complexity index is 394. The summed E-state index contributed by atoms with van der Waals surface area (Å²) in [6.07, 6.45) is -4.37. The molecule has 0 fully saturated rings. The Morgan fingerprint density at radius 1 is 1.28 bits per heavy atom. The van der Waals surface area contributed by atoms with Crippen molar-refractivity contribution in [1.29, 1.82) is 0 Å². The second-order valence-corrected chi connectivity index (χ2v) is 7.78. The van der Waals surface area contributed by atoms with Gasteiger partial charge in [0, 0.05) is 17.0 Å². The molecular formula is C11H17F3N2S2. The molecule has 0 aromatic carbocycles. The molecule has 0 atom stereocenters. The predicted octanol–water partition coefficient (Wildman–Crippen LogP) is 3.91. The number of nitrogens with one attached hydrogen (secondary N) is 1. The SMILES string of the molecule is CNCc1sc(CSC(C)(C)C)nc1C(F)(F)F. The van der Waals surface area contributed by atoms with E-state index in [2.05, 4.69) is 10.3 Å². The molecule has 0 amide bonds. The summed E-state index contributed by atoms with van der Waals surface area (Å²) in [4.78, 5) is 3.99. The quantitative estimate of drug-likeness (QED) is 0.912. The first-order valence-electron chi connectivity index (χ1n) is 5.48. The Balaban J connectivity index is 2.89. The van der Waals surface area contributed by atoms with E-state index in [0.29, 0.717) is 10.8 Å². The molecule has 0 spiro atoms. The molecule has 104 valence electrons. The number of thioether (sulfide) groups is 1. The fourth-order valence-corrected chi connectivity index (χ4v) is 3.17. The first-order chi connectivity index (χ1) is 8.13. The van der Waals surface area contributed by atoms with Crippen LogP contribution < -0.4 is 5.32 Å². The van der Waals surface area contributed by atoms with E-state index in [4.69, 9.17) is 0 Å². The summed E-state index contributed by atoms with van der Waals surface area (Å²) in [6.45, 7) is 6.30. The van der Waals surface area contributed by atoms with E-state index in [1.807, 2.05) is 20.8 Å². The van der Waals surface area contributed by atoms with Gasteiger partial charge in [0.15, 0.2) is 5.69 Å². The van der Waals surface area contributed by atoms with Gasteiger partial charge < -0.3 is 5.32 Å². The lowest BCUT2D eigenvalue weighted by Crippen LogP contribution is -2.13. The minimum Gasteiger partial charge on any atom is -0.315 e. The van der Waals surface area contributed by atoms with Crippen LogP contribution in [0, 0.1) is 0 Å². The molecule has 0 bridgehead atoms. The maximum atomic E-state index is 12.8. The van der Waals surface area contributed by atoms with Gasteiger partial charge in [0.2, 0.25) is 0 Å². The number of halogens is 3. The van der Waals surface area contributed by atoms with Crippen LogP contribution in [0.3, 0.4) is 0 Å². The van der Waals surface area contributed by atoms with Crippen LogP contribution in [0.4, 0.5) is 13.2 Å². The molecule has 0 saturated heterocycles. The van der Waals surface area contributed by atoms with Crippen molar-refractivity contribution in [2.24, 2.45) is 0 Å². The third-order valence-corrected chi connectivity index (χ3v) is 4.50. The number of nitrogens with zero attached hydrogens (tertiary/aromatic N) is 1. The van der Waals surface area contributed by atoms with Crippen molar-refractivity contribution in [3.63, 3.8) is 0 Å². The second kappa shape index (κ2) is 5.79. The van der Waals surface area contributed by atoms with Gasteiger partial charge in [0.25, 0.3) is 0 Å². The van der Waals surface area contributed by atoms with Gasteiger partial charge in [-0.1, -0.05) is 20.8 Å². The van der Waals surface area contributed by atoms with Crippen molar-refractivity contribution >= 4 is 23.1 Å². The number of alkyl halides is 3. The van der Waals surface area contributed by atoms with Crippen LogP contribution in [0.1, 0.15) is 36.3 Å². The van der Waals surface area contributed by atoms with E-state index in [1.54, 1.807) is 18.8 Å². The van der Waals surface area contributed by atoms with Crippen LogP contribution in [0.5, 0.6) is 0 Å². The molecule has 1 N–H and O–H groups in total. The summed E-state index contributed by atoms with van der Waals surface area (Å²) in [5.41, 5.74) is -0.744. The minimum absolute atomic E-state index is 0.0211. The molecule has 0 aliphatic carbocycles. The maximum absolute atomic E-state index is 12.8. The zero-order valence-corrected chi connectivity index (χ0v) is 12.4. The smallest absolute Gasteiger partial charge is 0.315 e. The van der Waals surface area contributed by atoms with Gasteiger partial charge in [-0.05, 0) is 7.05 Å². The molecule has 18 heavy (non-hydrogen) atoms. The normalized spacial score (nSPS) is 13.1. The Kier molecular flexibility index (Phi) is 5.08. The average Bonchev–Trinajstić information content (AvgIpc) is 2.57. The molecule has 1 aromatic rings. The van der Waals surface area contributed by atoms with Crippen LogP contribution in [0.2, 0.25) is 0 Å². The summed E-state index contributed by atoms with van der Waals surface area (Å²) >= 11 is 2.73. The van der Waals surface area contributed by atoms with Crippen LogP contribution >= 0.6 is 23.1 Å². The molecule has 0 radical (unpaired) electrons. The molecule has 0 aliphatic heterocycles. The standard InChI is InChI=1S/C11H17F3N2S2/c1-10(2,3)17-6-8-16-9(11(12,13)14)7(18-8)5-15-4/h15H,5-6H2,1-4H3. The lowest BCUT2D eigenvalue weighted by molar-refractivity contribution is -0.141. The zero-order chi connectivity index (χ0) is 14.0. The van der Waals surface area contributed by atoms with Gasteiger partial charge in [-0.3, -0.25) is 0 Å². The molecule has 1 aromatic heterocycles. The summed E-state index contributed by atoms with van der Waals surface area (Å²) in [5, 5.41) is 3.28. The van der Waals surface area contributed by atoms with Crippen molar-refractivity contribution in [1.82, 2.24) is 10.3 Å². The highest BCUT2D eigenvalue weighted by Gasteiger charge is 2.37. The van der Waals surface area contributed by atoms with Gasteiger partial charge >= 0.3 is 6.18 Å². The third kappa shape index (κ3) is 4.78. The van der Waals surface area contributed by atoms with Gasteiger partial charge in [-0.15, -0.1) is 23.1 Å². The predicted molar refractivity (Wildman–Crippen MR) is 70.9 cm³/mol. The lowest BCUT2D eigenvalue weighted by atomic mass is 10.3. The highest BCUT2D eigenvalue weighted by molar-refractivity contribution is 7.99. The van der Waals surface area contributed by atoms with Crippen molar-refractivity contribution in [3.05, 3.63) is 15.6 Å². The monoisotopic (exact) mass is 298 g/mol. The largest absolute Gasteiger partial charge is 0.434 e. The highest BCUT2D eigenvalue weighted by atomic mass is 32.2. The van der Waals surface area contributed by atoms with E-state index < -0.39 is 11.9 Å². The van der Waals surface area contributed by atoms with E-state index >= 15 is 0 Å². The van der Waals surface area contributed by atoms with Crippen LogP contribution in [-0.2, 0) is 18.5 Å². The fourth-order valence-electron chi connectivity index (χ4n) is 1.24. The Morgan fingerprint density at radius 2 is 1.89 bits per heavy atom. The molecule has 0 aliphatic rings. The molecule has 2 nitrogen and oxygen atoms in total. The van der Waals surface area contributed by atoms with E-state index in [0.717, 1.165) is 11.3 Å². The van der Waals surface area contributed by atoms with Crippen molar-refractivity contribution in [3.8, 4) is 0 Å². The molecular weight excluding hydrogens is 281 g/mol. The summed E-state index contributed by atoms with van der Waals surface area (Å²) in [7, 11) is 1.63. The lowest BCUT2D eigenvalue weighted by Gasteiger charge is -2.16. The molecule has 7 heteroatoms. The van der Waals surface area contributed by atoms with Gasteiger partial charge in [-0.2, -0.15) is 13.2 Å². The van der Waals surface area contributed by atoms with E-state index in [9.17, 15) is 13.2 Å². The van der Waals surface area contributed by atoms with Crippen LogP contribution in [0.25, 0.3) is 0 Å². The van der Waals surface area contributed by atoms with Crippen molar-refractivity contribution < 1.29 is 13.2 Å². The zero-order valence-electron chi connectivity index (χ0n) is 10.8. The molecule has 0 unspecified atom stereocenters. The number of rotatable bonds is 4. The van der Waals surface area contributed by atoms with Crippen LogP contribution in [0.15, 0.2) is 0 Å². The molecule has 1 heterocycles. The summed E-state index contributed by atoms with van der Waals surface area (Å²) < 4.78 is 38.3. The first kappa shape index (κ1) is 15.8. The van der Waals surface area contributed by atoms with Gasteiger partial charge in [-0.25, -0.2) is 4.98 Å². The minimum atomic E-state index is -4.37. The van der Waals surface area contributed by atoms with Crippen molar-refractivity contribution in [2.75, 3.05) is 7.05 Å². The number of hydrogen-bond donors (Lipinski definition) is 1. The van der Waals surface area contributed by atoms with Crippen molar-refractivity contribution in [2.45, 2.75) is 44.0 Å². The second-order valence-electron chi connectivity index (χ2n) is 4.81. The van der Waals surface area contributed by atoms with Gasteiger partial charge in [0.1, 0.15) is 5.01 Å². The Labute approximate surface area is 113 Å². The Morgan fingerprint density at radius 3 is 2.33 bits per heavy atom. The molecule has 1 rings (SSSR count). The Hall–Kier alpha value is -0.270. The van der Waals surface area contributed by atoms with E-state index in [-0.39, 0.29) is 16.2 Å². The fraction of sp³-hybridized carbons (Fsp3) is 0.727. The van der Waals surface area contributed by atoms with Gasteiger partial charge in [0.05, 0.1) is 4.88 Å². The maximum Gasteiger partial charge on any atom is 0.434 e. The highest BCUT2D eigenvalue weighted by Crippen LogP contribution is 2.36. The topological polar surface area (TPSA) is 24.9 Å². The number of thiazole rings is 1. The summed E-state index contributed by atoms with van der Waals surface area (Å²) in [6, 6.07) is 0. The molecule has 0 saturated carbocycles. The van der Waals surface area contributed by atoms with E-state index in [1.165, 1.54) is 0 Å². The number of hydrogen-bond acceptors (Lipinski definition) is 4. The number of aromatic nitrogens is 1. The third-order valence-electron chi connectivity index (χ3n) is 1.98. The average molecular weight is 298 g/mol. The summed E-state index contributed by atoms with van der Waals surface area (Å²) in [5.74, 6) is 0.515. The van der Waals surface area contributed by atoms with Crippen LogP contribution in [-0.4, -0.2) is 16.8 Å².